The van der Waals surface area contributed by atoms with Crippen LogP contribution in [-0.4, -0.2) is 9.55 Å². The minimum atomic E-state index is 0.357. The average molecular weight is 227 g/mol. The number of aromatic nitrogens is 2. The van der Waals surface area contributed by atoms with Gasteiger partial charge in [-0.25, -0.2) is 10.9 Å². The quantitative estimate of drug-likeness (QED) is 0.619. The second-order valence-electron chi connectivity index (χ2n) is 3.61. The first-order valence-electron chi connectivity index (χ1n) is 5.19. The Balaban J connectivity index is 2.30. The van der Waals surface area contributed by atoms with E-state index in [9.17, 15) is 0 Å². The van der Waals surface area contributed by atoms with Crippen LogP contribution in [-0.2, 0) is 18.5 Å². The summed E-state index contributed by atoms with van der Waals surface area (Å²) in [4.78, 5) is 8.65. The Labute approximate surface area is 100.0 Å². The number of hydrogen-bond acceptors (Lipinski definition) is 3. The summed E-state index contributed by atoms with van der Waals surface area (Å²) in [6.07, 6.45) is 3.45. The van der Waals surface area contributed by atoms with E-state index in [0.29, 0.717) is 6.61 Å². The lowest BCUT2D eigenvalue weighted by Gasteiger charge is -2.01. The highest BCUT2D eigenvalue weighted by atomic mass is 16.6. The third kappa shape index (κ3) is 2.72. The first kappa shape index (κ1) is 11.4. The molecule has 0 spiro atoms. The maximum atomic E-state index is 5.08. The molecule has 0 saturated carbocycles. The summed E-state index contributed by atoms with van der Waals surface area (Å²) in [5.74, 6) is 11.2. The molecule has 2 rings (SSSR count). The van der Waals surface area contributed by atoms with Gasteiger partial charge in [-0.05, 0) is 17.6 Å². The summed E-state index contributed by atoms with van der Waals surface area (Å²) in [5.41, 5.74) is 2.76. The van der Waals surface area contributed by atoms with E-state index in [-0.39, 0.29) is 0 Å². The maximum Gasteiger partial charge on any atom is 0.112 e. The fourth-order valence-corrected chi connectivity index (χ4v) is 1.47. The highest BCUT2D eigenvalue weighted by molar-refractivity contribution is 5.44. The fraction of sp³-hybridized carbons (Fsp3) is 0.154. The predicted molar refractivity (Wildman–Crippen MR) is 64.6 cm³/mol. The minimum absolute atomic E-state index is 0.357. The van der Waals surface area contributed by atoms with Crippen molar-refractivity contribution in [3.8, 4) is 11.8 Å². The normalized spacial score (nSPS) is 9.76. The molecule has 0 saturated heterocycles. The number of nitrogens with two attached hydrogens (primary N) is 1. The topological polar surface area (TPSA) is 53.1 Å². The van der Waals surface area contributed by atoms with Gasteiger partial charge in [0.2, 0.25) is 0 Å². The van der Waals surface area contributed by atoms with E-state index in [4.69, 9.17) is 5.90 Å². The number of aryl methyl sites for hydroxylation is 1. The van der Waals surface area contributed by atoms with Crippen molar-refractivity contribution in [1.82, 2.24) is 9.55 Å². The first-order chi connectivity index (χ1) is 8.31. The van der Waals surface area contributed by atoms with Crippen LogP contribution in [0.4, 0.5) is 0 Å². The summed E-state index contributed by atoms with van der Waals surface area (Å²) < 4.78 is 1.87. The number of hydrogen-bond donors (Lipinski definition) is 1. The second kappa shape index (κ2) is 5.30. The molecule has 1 aromatic heterocycles. The van der Waals surface area contributed by atoms with Crippen LogP contribution in [0.2, 0.25) is 0 Å². The molecule has 86 valence electrons. The van der Waals surface area contributed by atoms with Crippen LogP contribution >= 0.6 is 0 Å². The standard InChI is InChI=1S/C13H13N3O/c1-16-10-15-8-13(16)7-6-11-4-2-3-5-12(11)9-17-14/h2-5,8,10H,9,14H2,1H3. The van der Waals surface area contributed by atoms with Crippen molar-refractivity contribution in [2.24, 2.45) is 12.9 Å². The zero-order valence-corrected chi connectivity index (χ0v) is 9.55. The lowest BCUT2D eigenvalue weighted by Crippen LogP contribution is -2.00. The molecule has 0 unspecified atom stereocenters. The molecule has 17 heavy (non-hydrogen) atoms. The Morgan fingerprint density at radius 3 is 2.88 bits per heavy atom. The molecule has 2 N–H and O–H groups in total. The van der Waals surface area contributed by atoms with Gasteiger partial charge in [-0.15, -0.1) is 0 Å². The lowest BCUT2D eigenvalue weighted by atomic mass is 10.1. The van der Waals surface area contributed by atoms with Gasteiger partial charge in [0.15, 0.2) is 0 Å². The molecule has 0 bridgehead atoms. The van der Waals surface area contributed by atoms with E-state index in [1.165, 1.54) is 0 Å². The summed E-state index contributed by atoms with van der Waals surface area (Å²) >= 11 is 0. The van der Waals surface area contributed by atoms with Gasteiger partial charge in [0.1, 0.15) is 5.69 Å². The van der Waals surface area contributed by atoms with Crippen LogP contribution in [0.3, 0.4) is 0 Å². The molecule has 0 aliphatic carbocycles. The molecule has 1 heterocycles. The van der Waals surface area contributed by atoms with Crippen LogP contribution in [0.5, 0.6) is 0 Å². The van der Waals surface area contributed by atoms with Crippen molar-refractivity contribution in [1.29, 1.82) is 0 Å². The monoisotopic (exact) mass is 227 g/mol. The van der Waals surface area contributed by atoms with E-state index < -0.39 is 0 Å². The molecule has 4 heteroatoms. The average Bonchev–Trinajstić information content (AvgIpc) is 2.74. The van der Waals surface area contributed by atoms with Gasteiger partial charge in [-0.1, -0.05) is 24.1 Å². The third-order valence-corrected chi connectivity index (χ3v) is 2.40. The van der Waals surface area contributed by atoms with Gasteiger partial charge in [-0.3, -0.25) is 4.84 Å². The van der Waals surface area contributed by atoms with Crippen LogP contribution in [0.1, 0.15) is 16.8 Å². The van der Waals surface area contributed by atoms with Crippen molar-refractivity contribution in [3.05, 3.63) is 53.6 Å². The van der Waals surface area contributed by atoms with E-state index in [0.717, 1.165) is 16.8 Å². The van der Waals surface area contributed by atoms with Gasteiger partial charge >= 0.3 is 0 Å². The molecule has 2 aromatic rings. The zero-order valence-electron chi connectivity index (χ0n) is 9.55. The SMILES string of the molecule is Cn1cncc1C#Cc1ccccc1CON. The van der Waals surface area contributed by atoms with Crippen LogP contribution < -0.4 is 5.90 Å². The number of rotatable bonds is 2. The summed E-state index contributed by atoms with van der Waals surface area (Å²) in [5, 5.41) is 0. The molecule has 0 radical (unpaired) electrons. The van der Waals surface area contributed by atoms with Crippen LogP contribution in [0.15, 0.2) is 36.8 Å². The van der Waals surface area contributed by atoms with Gasteiger partial charge < -0.3 is 4.57 Å². The molecule has 4 nitrogen and oxygen atoms in total. The molecule has 1 aromatic carbocycles. The molecular weight excluding hydrogens is 214 g/mol. The Kier molecular flexibility index (Phi) is 3.55. The largest absolute Gasteiger partial charge is 0.327 e. The molecular formula is C13H13N3O. The molecule has 0 fully saturated rings. The molecule has 0 aliphatic heterocycles. The van der Waals surface area contributed by atoms with Crippen molar-refractivity contribution in [3.63, 3.8) is 0 Å². The Bertz CT molecular complexity index is 563. The number of benzene rings is 1. The Hall–Kier alpha value is -2.09. The summed E-state index contributed by atoms with van der Waals surface area (Å²) in [7, 11) is 1.91. The van der Waals surface area contributed by atoms with Crippen molar-refractivity contribution < 1.29 is 4.84 Å². The van der Waals surface area contributed by atoms with E-state index in [2.05, 4.69) is 21.7 Å². The summed E-state index contributed by atoms with van der Waals surface area (Å²) in [6.45, 7) is 0.357. The molecule has 0 aliphatic rings. The zero-order chi connectivity index (χ0) is 12.1. The highest BCUT2D eigenvalue weighted by Gasteiger charge is 1.98. The van der Waals surface area contributed by atoms with Gasteiger partial charge in [-0.2, -0.15) is 0 Å². The number of imidazole rings is 1. The lowest BCUT2D eigenvalue weighted by molar-refractivity contribution is 0.124. The Morgan fingerprint density at radius 2 is 2.18 bits per heavy atom. The third-order valence-electron chi connectivity index (χ3n) is 2.40. The van der Waals surface area contributed by atoms with Crippen molar-refractivity contribution in [2.45, 2.75) is 6.61 Å². The molecule has 0 amide bonds. The predicted octanol–water partition coefficient (Wildman–Crippen LogP) is 1.21. The van der Waals surface area contributed by atoms with Gasteiger partial charge in [0.05, 0.1) is 19.1 Å². The van der Waals surface area contributed by atoms with Crippen molar-refractivity contribution >= 4 is 0 Å². The van der Waals surface area contributed by atoms with Gasteiger partial charge in [0.25, 0.3) is 0 Å². The first-order valence-corrected chi connectivity index (χ1v) is 5.19. The molecule has 0 atom stereocenters. The minimum Gasteiger partial charge on any atom is -0.327 e. The van der Waals surface area contributed by atoms with Gasteiger partial charge in [0, 0.05) is 12.6 Å². The summed E-state index contributed by atoms with van der Waals surface area (Å²) in [6, 6.07) is 7.76. The smallest absolute Gasteiger partial charge is 0.112 e. The highest BCUT2D eigenvalue weighted by Crippen LogP contribution is 2.08. The van der Waals surface area contributed by atoms with Crippen LogP contribution in [0.25, 0.3) is 0 Å². The number of nitrogens with zero attached hydrogens (tertiary/aromatic N) is 2. The van der Waals surface area contributed by atoms with E-state index in [1.54, 1.807) is 12.5 Å². The second-order valence-corrected chi connectivity index (χ2v) is 3.61. The Morgan fingerprint density at radius 1 is 1.35 bits per heavy atom. The van der Waals surface area contributed by atoms with Crippen molar-refractivity contribution in [2.75, 3.05) is 0 Å². The maximum absolute atomic E-state index is 5.08. The fourth-order valence-electron chi connectivity index (χ4n) is 1.47. The van der Waals surface area contributed by atoms with E-state index in [1.807, 2.05) is 35.9 Å². The van der Waals surface area contributed by atoms with Crippen LogP contribution in [0, 0.1) is 11.8 Å². The van der Waals surface area contributed by atoms with E-state index >= 15 is 0 Å².